The lowest BCUT2D eigenvalue weighted by Gasteiger charge is -2.36. The second-order valence-electron chi connectivity index (χ2n) is 5.19. The Labute approximate surface area is 119 Å². The molecular weight excluding hydrogens is 259 g/mol. The molecule has 0 N–H and O–H groups in total. The number of hydrogen-bond donors (Lipinski definition) is 0. The number of benzene rings is 1. The minimum atomic E-state index is -0.209. The molecule has 20 heavy (non-hydrogen) atoms. The fourth-order valence-corrected chi connectivity index (χ4v) is 2.50. The van der Waals surface area contributed by atoms with Crippen molar-refractivity contribution in [2.75, 3.05) is 44.7 Å². The number of esters is 1. The molecule has 110 valence electrons. The third-order valence-corrected chi connectivity index (χ3v) is 3.70. The summed E-state index contributed by atoms with van der Waals surface area (Å²) in [5, 5.41) is 0. The Morgan fingerprint density at radius 3 is 2.40 bits per heavy atom. The van der Waals surface area contributed by atoms with Crippen LogP contribution in [0.1, 0.15) is 6.92 Å². The van der Waals surface area contributed by atoms with Crippen molar-refractivity contribution in [3.63, 3.8) is 0 Å². The first-order valence-corrected chi connectivity index (χ1v) is 6.91. The van der Waals surface area contributed by atoms with E-state index in [-0.39, 0.29) is 17.7 Å². The lowest BCUT2D eigenvalue weighted by Crippen LogP contribution is -2.48. The van der Waals surface area contributed by atoms with Gasteiger partial charge in [-0.1, -0.05) is 6.92 Å². The minimum absolute atomic E-state index is 0.0997. The highest BCUT2D eigenvalue weighted by atomic mass is 19.1. The van der Waals surface area contributed by atoms with Crippen LogP contribution in [-0.4, -0.2) is 50.7 Å². The van der Waals surface area contributed by atoms with Crippen molar-refractivity contribution in [3.05, 3.63) is 30.1 Å². The topological polar surface area (TPSA) is 32.8 Å². The van der Waals surface area contributed by atoms with Crippen molar-refractivity contribution < 1.29 is 13.9 Å². The van der Waals surface area contributed by atoms with Gasteiger partial charge < -0.3 is 9.64 Å². The van der Waals surface area contributed by atoms with E-state index < -0.39 is 0 Å². The fraction of sp³-hybridized carbons (Fsp3) is 0.533. The molecule has 0 aliphatic carbocycles. The molecule has 1 aliphatic heterocycles. The molecule has 4 nitrogen and oxygen atoms in total. The molecule has 0 saturated carbocycles. The van der Waals surface area contributed by atoms with Crippen LogP contribution in [-0.2, 0) is 9.53 Å². The summed E-state index contributed by atoms with van der Waals surface area (Å²) in [4.78, 5) is 15.9. The largest absolute Gasteiger partial charge is 0.469 e. The average Bonchev–Trinajstić information content (AvgIpc) is 2.48. The van der Waals surface area contributed by atoms with E-state index in [9.17, 15) is 9.18 Å². The lowest BCUT2D eigenvalue weighted by molar-refractivity contribution is -0.145. The average molecular weight is 280 g/mol. The summed E-state index contributed by atoms with van der Waals surface area (Å²) >= 11 is 0. The third-order valence-electron chi connectivity index (χ3n) is 3.70. The van der Waals surface area contributed by atoms with Crippen LogP contribution in [0.5, 0.6) is 0 Å². The second kappa shape index (κ2) is 6.70. The number of nitrogens with zero attached hydrogens (tertiary/aromatic N) is 2. The number of methoxy groups -OCH3 is 1. The molecule has 5 heteroatoms. The number of piperazine rings is 1. The molecule has 0 spiro atoms. The summed E-state index contributed by atoms with van der Waals surface area (Å²) in [5.41, 5.74) is 1.05. The second-order valence-corrected chi connectivity index (χ2v) is 5.19. The van der Waals surface area contributed by atoms with Gasteiger partial charge in [0.1, 0.15) is 5.82 Å². The first-order chi connectivity index (χ1) is 9.60. The van der Waals surface area contributed by atoms with E-state index in [0.717, 1.165) is 38.4 Å². The van der Waals surface area contributed by atoms with Gasteiger partial charge in [0, 0.05) is 38.4 Å². The van der Waals surface area contributed by atoms with E-state index in [0.29, 0.717) is 0 Å². The molecule has 0 radical (unpaired) electrons. The molecule has 0 amide bonds. The Morgan fingerprint density at radius 2 is 1.85 bits per heavy atom. The molecule has 1 atom stereocenters. The fourth-order valence-electron chi connectivity index (χ4n) is 2.50. The Hall–Kier alpha value is -1.62. The van der Waals surface area contributed by atoms with Gasteiger partial charge in [-0.2, -0.15) is 0 Å². The van der Waals surface area contributed by atoms with Crippen LogP contribution in [0, 0.1) is 11.7 Å². The minimum Gasteiger partial charge on any atom is -0.469 e. The standard InChI is InChI=1S/C15H21FN2O2/c1-12(15(19)20-2)11-17-7-9-18(10-8-17)14-5-3-13(16)4-6-14/h3-6,12H,7-11H2,1-2H3. The van der Waals surface area contributed by atoms with Gasteiger partial charge in [0.05, 0.1) is 13.0 Å². The normalized spacial score (nSPS) is 17.9. The van der Waals surface area contributed by atoms with Gasteiger partial charge in [-0.25, -0.2) is 4.39 Å². The SMILES string of the molecule is COC(=O)C(C)CN1CCN(c2ccc(F)cc2)CC1. The number of halogens is 1. The van der Waals surface area contributed by atoms with Crippen molar-refractivity contribution in [2.24, 2.45) is 5.92 Å². The summed E-state index contributed by atoms with van der Waals surface area (Å²) < 4.78 is 17.6. The van der Waals surface area contributed by atoms with Crippen LogP contribution in [0.25, 0.3) is 0 Å². The third kappa shape index (κ3) is 3.70. The predicted molar refractivity (Wildman–Crippen MR) is 76.2 cm³/mol. The Morgan fingerprint density at radius 1 is 1.25 bits per heavy atom. The van der Waals surface area contributed by atoms with E-state index in [2.05, 4.69) is 9.80 Å². The van der Waals surface area contributed by atoms with Gasteiger partial charge in [0.2, 0.25) is 0 Å². The zero-order valence-corrected chi connectivity index (χ0v) is 12.0. The van der Waals surface area contributed by atoms with Crippen LogP contribution in [0.15, 0.2) is 24.3 Å². The van der Waals surface area contributed by atoms with Crippen LogP contribution < -0.4 is 4.90 Å². The Bertz CT molecular complexity index is 442. The van der Waals surface area contributed by atoms with E-state index in [4.69, 9.17) is 4.74 Å². The van der Waals surface area contributed by atoms with Gasteiger partial charge in [-0.05, 0) is 24.3 Å². The molecule has 1 aromatic rings. The molecule has 2 rings (SSSR count). The summed E-state index contributed by atoms with van der Waals surface area (Å²) in [6.07, 6.45) is 0. The van der Waals surface area contributed by atoms with Gasteiger partial charge in [0.25, 0.3) is 0 Å². The zero-order valence-electron chi connectivity index (χ0n) is 12.0. The first-order valence-electron chi connectivity index (χ1n) is 6.91. The van der Waals surface area contributed by atoms with Crippen molar-refractivity contribution in [1.29, 1.82) is 0 Å². The molecule has 1 saturated heterocycles. The van der Waals surface area contributed by atoms with Crippen molar-refractivity contribution in [2.45, 2.75) is 6.92 Å². The van der Waals surface area contributed by atoms with E-state index in [1.165, 1.54) is 19.2 Å². The van der Waals surface area contributed by atoms with Gasteiger partial charge >= 0.3 is 5.97 Å². The molecule has 1 heterocycles. The van der Waals surface area contributed by atoms with Crippen molar-refractivity contribution in [1.82, 2.24) is 4.90 Å². The molecule has 1 fully saturated rings. The first kappa shape index (κ1) is 14.8. The summed E-state index contributed by atoms with van der Waals surface area (Å²) in [7, 11) is 1.42. The number of hydrogen-bond acceptors (Lipinski definition) is 4. The monoisotopic (exact) mass is 280 g/mol. The highest BCUT2D eigenvalue weighted by molar-refractivity contribution is 5.72. The van der Waals surface area contributed by atoms with E-state index in [1.54, 1.807) is 0 Å². The van der Waals surface area contributed by atoms with E-state index in [1.807, 2.05) is 19.1 Å². The summed E-state index contributed by atoms with van der Waals surface area (Å²) in [6.45, 7) is 6.19. The van der Waals surface area contributed by atoms with Crippen LogP contribution in [0.2, 0.25) is 0 Å². The summed E-state index contributed by atoms with van der Waals surface area (Å²) in [5.74, 6) is -0.470. The summed E-state index contributed by atoms with van der Waals surface area (Å²) in [6, 6.07) is 6.59. The number of anilines is 1. The molecule has 1 unspecified atom stereocenters. The maximum absolute atomic E-state index is 12.9. The highest BCUT2D eigenvalue weighted by Gasteiger charge is 2.22. The van der Waals surface area contributed by atoms with Crippen LogP contribution in [0.4, 0.5) is 10.1 Å². The van der Waals surface area contributed by atoms with Crippen LogP contribution in [0.3, 0.4) is 0 Å². The highest BCUT2D eigenvalue weighted by Crippen LogP contribution is 2.17. The quantitative estimate of drug-likeness (QED) is 0.787. The molecule has 1 aliphatic rings. The predicted octanol–water partition coefficient (Wildman–Crippen LogP) is 1.76. The van der Waals surface area contributed by atoms with Gasteiger partial charge in [0.15, 0.2) is 0 Å². The Kier molecular flexibility index (Phi) is 4.95. The maximum atomic E-state index is 12.9. The molecule has 0 aromatic heterocycles. The smallest absolute Gasteiger partial charge is 0.309 e. The molecule has 0 bridgehead atoms. The number of ether oxygens (including phenoxy) is 1. The van der Waals surface area contributed by atoms with Crippen LogP contribution >= 0.6 is 0 Å². The maximum Gasteiger partial charge on any atom is 0.309 e. The van der Waals surface area contributed by atoms with Gasteiger partial charge in [-0.15, -0.1) is 0 Å². The number of carbonyl (C=O) groups is 1. The van der Waals surface area contributed by atoms with Crippen molar-refractivity contribution in [3.8, 4) is 0 Å². The number of rotatable bonds is 4. The van der Waals surface area contributed by atoms with Crippen molar-refractivity contribution >= 4 is 11.7 Å². The Balaban J connectivity index is 1.83. The number of carbonyl (C=O) groups excluding carboxylic acids is 1. The zero-order chi connectivity index (χ0) is 14.5. The van der Waals surface area contributed by atoms with E-state index >= 15 is 0 Å². The molecular formula is C15H21FN2O2. The van der Waals surface area contributed by atoms with Gasteiger partial charge in [-0.3, -0.25) is 9.69 Å². The molecule has 1 aromatic carbocycles. The lowest BCUT2D eigenvalue weighted by atomic mass is 10.1.